The average molecular weight is 355 g/mol. The molecule has 2 aliphatic rings. The monoisotopic (exact) mass is 355 g/mol. The number of benzene rings is 1. The molecule has 0 radical (unpaired) electrons. The quantitative estimate of drug-likeness (QED) is 0.463. The number of methoxy groups -OCH3 is 2. The number of carbonyl (C=O) groups excluding carboxylic acids is 2. The van der Waals surface area contributed by atoms with Crippen molar-refractivity contribution in [2.75, 3.05) is 27.3 Å². The summed E-state index contributed by atoms with van der Waals surface area (Å²) >= 11 is 0. The second-order valence-electron chi connectivity index (χ2n) is 6.87. The summed E-state index contributed by atoms with van der Waals surface area (Å²) in [7, 11) is 2.94. The van der Waals surface area contributed by atoms with E-state index in [4.69, 9.17) is 9.47 Å². The average Bonchev–Trinajstić information content (AvgIpc) is 3.11. The van der Waals surface area contributed by atoms with Crippen molar-refractivity contribution in [2.24, 2.45) is 11.8 Å². The summed E-state index contributed by atoms with van der Waals surface area (Å²) in [6.07, 6.45) is 8.27. The number of esters is 1. The summed E-state index contributed by atoms with van der Waals surface area (Å²) in [6.45, 7) is 1.57. The third kappa shape index (κ3) is 4.15. The Balaban J connectivity index is 1.71. The van der Waals surface area contributed by atoms with Crippen molar-refractivity contribution in [3.8, 4) is 5.75 Å². The maximum Gasteiger partial charge on any atom is 0.334 e. The first-order valence-electron chi connectivity index (χ1n) is 8.96. The standard InChI is InChI=1S/C21H25NO4/c1-25-19-9-7-15(8-10-19)11-18(21(24)26-2)12-20(23)22-13-16-5-3-4-6-17(16)14-22/h3-4,7-11,16-17H,5-6,12-14H2,1-2H3/t16-,17+. The second-order valence-corrected chi connectivity index (χ2v) is 6.87. The fourth-order valence-corrected chi connectivity index (χ4v) is 3.71. The molecule has 1 amide bonds. The zero-order valence-electron chi connectivity index (χ0n) is 15.3. The number of hydrogen-bond acceptors (Lipinski definition) is 4. The van der Waals surface area contributed by atoms with Gasteiger partial charge in [-0.3, -0.25) is 4.79 Å². The molecule has 138 valence electrons. The highest BCUT2D eigenvalue weighted by Gasteiger charge is 2.35. The van der Waals surface area contributed by atoms with Crippen molar-refractivity contribution in [3.63, 3.8) is 0 Å². The lowest BCUT2D eigenvalue weighted by Gasteiger charge is -2.17. The summed E-state index contributed by atoms with van der Waals surface area (Å²) in [6, 6.07) is 7.34. The van der Waals surface area contributed by atoms with Crippen LogP contribution in [0.1, 0.15) is 24.8 Å². The number of nitrogens with zero attached hydrogens (tertiary/aromatic N) is 1. The Bertz CT molecular complexity index is 704. The van der Waals surface area contributed by atoms with Crippen LogP contribution in [-0.4, -0.2) is 44.1 Å². The number of hydrogen-bond donors (Lipinski definition) is 0. The van der Waals surface area contributed by atoms with Crippen LogP contribution >= 0.6 is 0 Å². The van der Waals surface area contributed by atoms with Crippen LogP contribution in [0.2, 0.25) is 0 Å². The molecular weight excluding hydrogens is 330 g/mol. The van der Waals surface area contributed by atoms with E-state index in [9.17, 15) is 9.59 Å². The largest absolute Gasteiger partial charge is 0.497 e. The van der Waals surface area contributed by atoms with Gasteiger partial charge in [0.1, 0.15) is 5.75 Å². The molecule has 5 nitrogen and oxygen atoms in total. The molecule has 1 saturated heterocycles. The van der Waals surface area contributed by atoms with Gasteiger partial charge in [0.2, 0.25) is 5.91 Å². The predicted molar refractivity (Wildman–Crippen MR) is 99.5 cm³/mol. The van der Waals surface area contributed by atoms with Crippen LogP contribution in [0.3, 0.4) is 0 Å². The molecule has 1 aromatic carbocycles. The lowest BCUT2D eigenvalue weighted by molar-refractivity contribution is -0.138. The maximum absolute atomic E-state index is 12.7. The molecule has 0 saturated carbocycles. The molecule has 2 atom stereocenters. The SMILES string of the molecule is COC(=O)C(=Cc1ccc(OC)cc1)CC(=O)N1C[C@H]2CC=CC[C@H]2C1. The van der Waals surface area contributed by atoms with E-state index in [1.54, 1.807) is 13.2 Å². The lowest BCUT2D eigenvalue weighted by atomic mass is 9.86. The summed E-state index contributed by atoms with van der Waals surface area (Å²) in [5.41, 5.74) is 1.20. The van der Waals surface area contributed by atoms with Crippen molar-refractivity contribution in [3.05, 3.63) is 47.6 Å². The van der Waals surface area contributed by atoms with Crippen LogP contribution in [0.25, 0.3) is 6.08 Å². The van der Waals surface area contributed by atoms with E-state index in [2.05, 4.69) is 12.2 Å². The summed E-state index contributed by atoms with van der Waals surface area (Å²) < 4.78 is 10.0. The van der Waals surface area contributed by atoms with Crippen LogP contribution in [-0.2, 0) is 14.3 Å². The Hall–Kier alpha value is -2.56. The first-order chi connectivity index (χ1) is 12.6. The van der Waals surface area contributed by atoms with Gasteiger partial charge < -0.3 is 14.4 Å². The van der Waals surface area contributed by atoms with Crippen LogP contribution in [0.15, 0.2) is 42.0 Å². The molecule has 1 fully saturated rings. The Morgan fingerprint density at radius 1 is 1.08 bits per heavy atom. The van der Waals surface area contributed by atoms with Gasteiger partial charge in [-0.1, -0.05) is 24.3 Å². The molecule has 1 aliphatic heterocycles. The molecular formula is C21H25NO4. The van der Waals surface area contributed by atoms with E-state index in [1.807, 2.05) is 29.2 Å². The Morgan fingerprint density at radius 3 is 2.23 bits per heavy atom. The molecule has 0 spiro atoms. The van der Waals surface area contributed by atoms with E-state index < -0.39 is 5.97 Å². The lowest BCUT2D eigenvalue weighted by Crippen LogP contribution is -2.30. The second kappa shape index (κ2) is 8.21. The Labute approximate surface area is 154 Å². The minimum atomic E-state index is -0.465. The highest BCUT2D eigenvalue weighted by Crippen LogP contribution is 2.33. The van der Waals surface area contributed by atoms with Gasteiger partial charge in [0, 0.05) is 18.7 Å². The van der Waals surface area contributed by atoms with Crippen LogP contribution in [0.5, 0.6) is 5.75 Å². The number of carbonyl (C=O) groups is 2. The van der Waals surface area contributed by atoms with Crippen molar-refractivity contribution < 1.29 is 19.1 Å². The van der Waals surface area contributed by atoms with Gasteiger partial charge in [-0.05, 0) is 48.4 Å². The van der Waals surface area contributed by atoms with Crippen molar-refractivity contribution in [1.82, 2.24) is 4.90 Å². The smallest absolute Gasteiger partial charge is 0.334 e. The third-order valence-electron chi connectivity index (χ3n) is 5.22. The number of ether oxygens (including phenoxy) is 2. The van der Waals surface area contributed by atoms with E-state index in [0.717, 1.165) is 37.2 Å². The highest BCUT2D eigenvalue weighted by molar-refractivity contribution is 5.99. The first kappa shape index (κ1) is 18.2. The number of likely N-dealkylation sites (tertiary alicyclic amines) is 1. The van der Waals surface area contributed by atoms with Gasteiger partial charge in [-0.15, -0.1) is 0 Å². The number of rotatable bonds is 5. The normalized spacial score (nSPS) is 22.1. The van der Waals surface area contributed by atoms with Gasteiger partial charge in [-0.25, -0.2) is 4.79 Å². The molecule has 3 rings (SSSR count). The molecule has 0 unspecified atom stereocenters. The van der Waals surface area contributed by atoms with Crippen LogP contribution in [0, 0.1) is 11.8 Å². The zero-order valence-corrected chi connectivity index (χ0v) is 15.3. The first-order valence-corrected chi connectivity index (χ1v) is 8.96. The minimum absolute atomic E-state index is 0.00967. The number of amides is 1. The molecule has 0 N–H and O–H groups in total. The number of fused-ring (bicyclic) bond motifs is 1. The van der Waals surface area contributed by atoms with E-state index in [-0.39, 0.29) is 12.3 Å². The predicted octanol–water partition coefficient (Wildman–Crippen LogP) is 3.07. The minimum Gasteiger partial charge on any atom is -0.497 e. The highest BCUT2D eigenvalue weighted by atomic mass is 16.5. The molecule has 26 heavy (non-hydrogen) atoms. The summed E-state index contributed by atoms with van der Waals surface area (Å²) in [5.74, 6) is 1.37. The zero-order chi connectivity index (χ0) is 18.5. The van der Waals surface area contributed by atoms with Crippen molar-refractivity contribution in [2.45, 2.75) is 19.3 Å². The van der Waals surface area contributed by atoms with Crippen molar-refractivity contribution in [1.29, 1.82) is 0 Å². The maximum atomic E-state index is 12.7. The number of allylic oxidation sites excluding steroid dienone is 2. The third-order valence-corrected chi connectivity index (χ3v) is 5.22. The fourth-order valence-electron chi connectivity index (χ4n) is 3.71. The molecule has 0 bridgehead atoms. The Kier molecular flexibility index (Phi) is 5.76. The van der Waals surface area contributed by atoms with Gasteiger partial charge in [-0.2, -0.15) is 0 Å². The van der Waals surface area contributed by atoms with Crippen LogP contribution in [0.4, 0.5) is 0 Å². The van der Waals surface area contributed by atoms with E-state index in [0.29, 0.717) is 17.4 Å². The molecule has 1 heterocycles. The summed E-state index contributed by atoms with van der Waals surface area (Å²) in [4.78, 5) is 26.8. The molecule has 0 aromatic heterocycles. The fraction of sp³-hybridized carbons (Fsp3) is 0.429. The van der Waals surface area contributed by atoms with E-state index in [1.165, 1.54) is 7.11 Å². The van der Waals surface area contributed by atoms with Crippen molar-refractivity contribution >= 4 is 18.0 Å². The Morgan fingerprint density at radius 2 is 1.69 bits per heavy atom. The van der Waals surface area contributed by atoms with Gasteiger partial charge in [0.15, 0.2) is 0 Å². The van der Waals surface area contributed by atoms with E-state index >= 15 is 0 Å². The summed E-state index contributed by atoms with van der Waals surface area (Å²) in [5, 5.41) is 0. The van der Waals surface area contributed by atoms with Gasteiger partial charge in [0.05, 0.1) is 20.6 Å². The molecule has 1 aliphatic carbocycles. The topological polar surface area (TPSA) is 55.8 Å². The van der Waals surface area contributed by atoms with Crippen LogP contribution < -0.4 is 4.74 Å². The molecule has 5 heteroatoms. The van der Waals surface area contributed by atoms with Gasteiger partial charge >= 0.3 is 5.97 Å². The van der Waals surface area contributed by atoms with Gasteiger partial charge in [0.25, 0.3) is 0 Å². The molecule has 1 aromatic rings.